The molecule has 624 valence electrons. The zero-order valence-corrected chi connectivity index (χ0v) is 65.4. The number of aliphatic hydroxyl groups excluding tert-OH is 3. The highest BCUT2D eigenvalue weighted by molar-refractivity contribution is 8.76. The van der Waals surface area contributed by atoms with Gasteiger partial charge in [-0.05, 0) is 101 Å². The number of carboxylic acid groups (broad SMARTS) is 1. The number of unbranched alkanes of at least 4 members (excludes halogenated alkanes) is 2. The number of nitrogens with one attached hydrogen (secondary N) is 14. The summed E-state index contributed by atoms with van der Waals surface area (Å²) in [6, 6.07) is 9.30. The molecule has 0 radical (unpaired) electrons. The summed E-state index contributed by atoms with van der Waals surface area (Å²) in [6.07, 6.45) is -3.48. The van der Waals surface area contributed by atoms with Crippen molar-refractivity contribution in [2.45, 2.75) is 182 Å². The van der Waals surface area contributed by atoms with Crippen molar-refractivity contribution < 1.29 is 92.3 Å². The molecule has 37 nitrogen and oxygen atoms in total. The Hall–Kier alpha value is -11.1. The molecule has 6 rings (SSSR count). The van der Waals surface area contributed by atoms with E-state index in [0.717, 1.165) is 35.4 Å². The first-order valence-electron chi connectivity index (χ1n) is 37.4. The van der Waals surface area contributed by atoms with Gasteiger partial charge in [-0.15, -0.1) is 0 Å². The average molecular weight is 1640 g/mol. The van der Waals surface area contributed by atoms with E-state index in [1.54, 1.807) is 121 Å². The summed E-state index contributed by atoms with van der Waals surface area (Å²) in [4.78, 5) is 217. The van der Waals surface area contributed by atoms with Gasteiger partial charge in [0.2, 0.25) is 82.7 Å². The first-order valence-corrected chi connectivity index (χ1v) is 39.9. The molecule has 0 saturated carbocycles. The number of carbonyl (C=O) groups excluding carboxylic acids is 14. The molecule has 0 bridgehead atoms. The Bertz CT molecular complexity index is 4130. The standard InChI is InChI=1S/C76H104N18O19S2/c1-41(82-61(99)36-79)64(100)91-58-39-114-115-40-59(76(112)113)92-72(108)57(38-95)90-75(111)63(43(3)97)94-71(107)54(33-46-23-11-6-12-24-46)89-74(110)62(42(2)96)93-66(102)51(28-16-18-30-78)83-69(105)55(34-47-37-81-49-26-14-13-25-48(47)49)87-68(104)53(32-45-21-9-5-10-22-45)85-67(103)52(31-44-19-7-4-8-20-44)86-70(106)56(35-60(80)98)88-65(101)50(84-73(58)109)27-15-17-29-77/h4-14,19-26,37,41-43,50-59,62-63,81,95-97H,15-18,27-36,38-40,77-79H2,1-3H3,(H2,80,98)(H,82,99)(H,83,105)(H,84,109)(H,85,103)(H,86,106)(H,87,104)(H,88,101)(H,89,110)(H,90,111)(H,91,100)(H,92,108)(H,93,102)(H,94,107)(H,112,113)/t41-,42+,43+,50-,51-,52-,53-,54-,55-,56-,57-,58-,59+,62-,63-/m0/s1. The van der Waals surface area contributed by atoms with Crippen molar-refractivity contribution in [3.05, 3.63) is 144 Å². The maximum atomic E-state index is 15.4. The van der Waals surface area contributed by atoms with Crippen LogP contribution in [0.15, 0.2) is 121 Å². The van der Waals surface area contributed by atoms with Crippen LogP contribution in [0.5, 0.6) is 0 Å². The molecule has 5 aromatic rings. The Morgan fingerprint density at radius 2 is 0.843 bits per heavy atom. The molecule has 1 aliphatic heterocycles. The minimum Gasteiger partial charge on any atom is -0.480 e. The first-order chi connectivity index (χ1) is 54.9. The van der Waals surface area contributed by atoms with Crippen LogP contribution >= 0.6 is 21.6 Å². The van der Waals surface area contributed by atoms with Crippen molar-refractivity contribution in [2.75, 3.05) is 37.7 Å². The number of fused-ring (bicyclic) bond motifs is 1. The highest BCUT2D eigenvalue weighted by Gasteiger charge is 2.40. The van der Waals surface area contributed by atoms with Crippen molar-refractivity contribution in [3.8, 4) is 0 Å². The number of carbonyl (C=O) groups is 15. The number of benzene rings is 4. The van der Waals surface area contributed by atoms with Crippen molar-refractivity contribution in [1.82, 2.24) is 74.1 Å². The summed E-state index contributed by atoms with van der Waals surface area (Å²) in [7, 11) is 1.49. The number of primary amides is 1. The van der Waals surface area contributed by atoms with Gasteiger partial charge in [0, 0.05) is 54.3 Å². The highest BCUT2D eigenvalue weighted by atomic mass is 33.1. The molecule has 1 aromatic heterocycles. The number of hydrogen-bond donors (Lipinski definition) is 22. The van der Waals surface area contributed by atoms with Crippen molar-refractivity contribution >= 4 is 121 Å². The third-order valence-corrected chi connectivity index (χ3v) is 20.8. The minimum atomic E-state index is -1.99. The summed E-state index contributed by atoms with van der Waals surface area (Å²) in [5.74, 6) is -17.7. The van der Waals surface area contributed by atoms with Gasteiger partial charge in [0.1, 0.15) is 78.5 Å². The van der Waals surface area contributed by atoms with E-state index in [1.165, 1.54) is 6.92 Å². The van der Waals surface area contributed by atoms with E-state index in [1.807, 2.05) is 0 Å². The lowest BCUT2D eigenvalue weighted by Crippen LogP contribution is -2.63. The second-order valence-corrected chi connectivity index (χ2v) is 30.1. The number of carboxylic acids is 1. The SMILES string of the molecule is C[C@H](NC(=O)CN)C(=O)N[C@H]1CSSC[C@H](C(=O)O)NC(=O)[C@H](CO)NC(=O)[C@H]([C@@H](C)O)NC(=O)[C@H](Cc2ccccc2)NC(=O)[C@H]([C@@H](C)O)NC(=O)[C@H](CCCCN)NC(=O)[C@H](Cc2c[nH]c3ccccc23)NC(=O)[C@H](Cc2ccccc2)NC(=O)[C@H](Cc2ccccc2)NC(=O)[C@H](CC(N)=O)NC(=O)[C@H](CCCCN)NC1=O. The molecule has 1 aliphatic rings. The van der Waals surface area contributed by atoms with Gasteiger partial charge in [0.15, 0.2) is 0 Å². The van der Waals surface area contributed by atoms with Crippen LogP contribution in [-0.4, -0.2) is 243 Å². The molecule has 2 heterocycles. The number of aliphatic hydroxyl groups is 3. The molecule has 0 unspecified atom stereocenters. The minimum absolute atomic E-state index is 0.103. The van der Waals surface area contributed by atoms with Gasteiger partial charge < -0.3 is 117 Å². The fourth-order valence-corrected chi connectivity index (χ4v) is 14.4. The van der Waals surface area contributed by atoms with Gasteiger partial charge in [-0.25, -0.2) is 4.79 Å². The molecular weight excluding hydrogens is 1530 g/mol. The molecule has 26 N–H and O–H groups in total. The number of hydrogen-bond acceptors (Lipinski definition) is 23. The predicted octanol–water partition coefficient (Wildman–Crippen LogP) is -4.91. The number of aromatic amines is 1. The van der Waals surface area contributed by atoms with Crippen LogP contribution in [0, 0.1) is 0 Å². The van der Waals surface area contributed by atoms with E-state index >= 15 is 14.4 Å². The van der Waals surface area contributed by atoms with E-state index in [4.69, 9.17) is 22.9 Å². The first kappa shape index (κ1) is 92.8. The quantitative estimate of drug-likeness (QED) is 0.0182. The Labute approximate surface area is 670 Å². The fraction of sp³-hybridized carbons (Fsp3) is 0.461. The van der Waals surface area contributed by atoms with Crippen LogP contribution in [-0.2, 0) is 97.6 Å². The number of rotatable bonds is 26. The van der Waals surface area contributed by atoms with Crippen molar-refractivity contribution in [1.29, 1.82) is 0 Å². The van der Waals surface area contributed by atoms with Gasteiger partial charge in [0.05, 0.1) is 31.8 Å². The average Bonchev–Trinajstić information content (AvgIpc) is 1.51. The predicted molar refractivity (Wildman–Crippen MR) is 425 cm³/mol. The zero-order chi connectivity index (χ0) is 84.3. The van der Waals surface area contributed by atoms with E-state index < -0.39 is 210 Å². The largest absolute Gasteiger partial charge is 0.480 e. The Kier molecular flexibility index (Phi) is 38.4. The van der Waals surface area contributed by atoms with Gasteiger partial charge in [-0.1, -0.05) is 131 Å². The van der Waals surface area contributed by atoms with Crippen molar-refractivity contribution in [2.24, 2.45) is 22.9 Å². The van der Waals surface area contributed by atoms with Crippen LogP contribution in [0.2, 0.25) is 0 Å². The fourth-order valence-electron chi connectivity index (χ4n) is 12.0. The molecule has 4 aromatic carbocycles. The summed E-state index contributed by atoms with van der Waals surface area (Å²) in [5.41, 5.74) is 25.4. The number of para-hydroxylation sites is 1. The van der Waals surface area contributed by atoms with Gasteiger partial charge in [0.25, 0.3) is 0 Å². The smallest absolute Gasteiger partial charge is 0.327 e. The summed E-state index contributed by atoms with van der Waals surface area (Å²) in [6.45, 7) is 1.99. The number of aromatic nitrogens is 1. The molecule has 39 heteroatoms. The molecule has 15 atom stereocenters. The Balaban J connectivity index is 1.47. The second kappa shape index (κ2) is 47.6. The van der Waals surface area contributed by atoms with Crippen LogP contribution in [0.25, 0.3) is 10.9 Å². The molecule has 0 aliphatic carbocycles. The van der Waals surface area contributed by atoms with Crippen LogP contribution < -0.4 is 92.1 Å². The summed E-state index contributed by atoms with van der Waals surface area (Å²) < 4.78 is 0. The van der Waals surface area contributed by atoms with Crippen LogP contribution in [0.4, 0.5) is 0 Å². The lowest BCUT2D eigenvalue weighted by Gasteiger charge is -2.29. The van der Waals surface area contributed by atoms with Gasteiger partial charge in [-0.2, -0.15) is 0 Å². The third kappa shape index (κ3) is 30.3. The molecule has 0 spiro atoms. The van der Waals surface area contributed by atoms with E-state index in [2.05, 4.69) is 74.1 Å². The summed E-state index contributed by atoms with van der Waals surface area (Å²) >= 11 is 0. The molecular formula is C76H104N18O19S2. The number of nitrogens with two attached hydrogens (primary N) is 4. The maximum absolute atomic E-state index is 15.4. The number of aliphatic carboxylic acids is 1. The van der Waals surface area contributed by atoms with Crippen LogP contribution in [0.1, 0.15) is 88.0 Å². The lowest BCUT2D eigenvalue weighted by atomic mass is 10.00. The second-order valence-electron chi connectivity index (χ2n) is 27.5. The third-order valence-electron chi connectivity index (χ3n) is 18.4. The topological polar surface area (TPSA) is 613 Å². The summed E-state index contributed by atoms with van der Waals surface area (Å²) in [5, 5.41) is 76.2. The van der Waals surface area contributed by atoms with Crippen LogP contribution in [0.3, 0.4) is 0 Å². The monoisotopic (exact) mass is 1640 g/mol. The Morgan fingerprint density at radius 1 is 0.461 bits per heavy atom. The Morgan fingerprint density at radius 3 is 1.30 bits per heavy atom. The van der Waals surface area contributed by atoms with E-state index in [0.29, 0.717) is 39.6 Å². The molecule has 1 saturated heterocycles. The normalized spacial score (nSPS) is 23.7. The van der Waals surface area contributed by atoms with E-state index in [-0.39, 0.29) is 70.9 Å². The van der Waals surface area contributed by atoms with Gasteiger partial charge in [-0.3, -0.25) is 67.1 Å². The maximum Gasteiger partial charge on any atom is 0.327 e. The van der Waals surface area contributed by atoms with Gasteiger partial charge >= 0.3 is 5.97 Å². The van der Waals surface area contributed by atoms with Crippen molar-refractivity contribution in [3.63, 3.8) is 0 Å². The molecule has 115 heavy (non-hydrogen) atoms. The highest BCUT2D eigenvalue weighted by Crippen LogP contribution is 2.25. The van der Waals surface area contributed by atoms with E-state index in [9.17, 15) is 78.0 Å². The number of amides is 14. The number of H-pyrrole nitrogens is 1. The molecule has 14 amide bonds. The lowest BCUT2D eigenvalue weighted by molar-refractivity contribution is -0.142. The molecule has 1 fully saturated rings. The zero-order valence-electron chi connectivity index (χ0n) is 63.8.